The maximum Gasteiger partial charge on any atom is 0.355 e. The Hall–Kier alpha value is -3.60. The van der Waals surface area contributed by atoms with Crippen molar-refractivity contribution in [1.82, 2.24) is 10.2 Å². The van der Waals surface area contributed by atoms with Crippen LogP contribution in [0.25, 0.3) is 0 Å². The number of ether oxygens (including phenoxy) is 4. The van der Waals surface area contributed by atoms with E-state index in [0.29, 0.717) is 24.0 Å². The van der Waals surface area contributed by atoms with Gasteiger partial charge in [-0.05, 0) is 73.8 Å². The van der Waals surface area contributed by atoms with Crippen LogP contribution in [0.3, 0.4) is 0 Å². The van der Waals surface area contributed by atoms with Gasteiger partial charge in [-0.1, -0.05) is 89.4 Å². The van der Waals surface area contributed by atoms with Crippen molar-refractivity contribution in [3.63, 3.8) is 0 Å². The number of ketones is 1. The number of amides is 2. The van der Waals surface area contributed by atoms with Gasteiger partial charge in [0.2, 0.25) is 5.91 Å². The molecule has 54 heavy (non-hydrogen) atoms. The maximum atomic E-state index is 14.7. The number of nitrogens with one attached hydrogen (secondary N) is 1. The van der Waals surface area contributed by atoms with Crippen LogP contribution >= 0.6 is 18.6 Å². The van der Waals surface area contributed by atoms with Gasteiger partial charge >= 0.3 is 11.9 Å². The molecule has 2 amide bonds. The molecule has 0 spiro atoms. The molecule has 0 aromatic heterocycles. The average Bonchev–Trinajstić information content (AvgIpc) is 3.70. The fraction of sp³-hybridized carbons (Fsp3) is 0.561. The summed E-state index contributed by atoms with van der Waals surface area (Å²) in [4.78, 5) is 69.8. The molecule has 0 saturated carbocycles. The molecular formula is C41H57N2O9PS. The number of Topliss-reactive ketones (excluding diaryl/α,β-unsaturated/α-hetero) is 1. The maximum absolute atomic E-state index is 14.7. The lowest BCUT2D eigenvalue weighted by atomic mass is 10.1. The Balaban J connectivity index is 1.73. The number of carbonyl (C=O) groups excluding carboxylic acids is 5. The molecule has 2 aromatic carbocycles. The Morgan fingerprint density at radius 1 is 0.852 bits per heavy atom. The number of hydrogen-bond donors (Lipinski definition) is 1. The van der Waals surface area contributed by atoms with Crippen LogP contribution in [0.15, 0.2) is 54.6 Å². The van der Waals surface area contributed by atoms with Gasteiger partial charge in [0.25, 0.3) is 5.91 Å². The second-order valence-electron chi connectivity index (χ2n) is 13.9. The van der Waals surface area contributed by atoms with Gasteiger partial charge in [0.15, 0.2) is 11.9 Å². The minimum Gasteiger partial charge on any atom is -0.497 e. The fourth-order valence-electron chi connectivity index (χ4n) is 6.93. The van der Waals surface area contributed by atoms with E-state index in [9.17, 15) is 24.0 Å². The van der Waals surface area contributed by atoms with E-state index in [0.717, 1.165) is 68.1 Å². The number of rotatable bonds is 22. The SMILES string of the molecule is CCCCP(CCCC)(CCCC)=C(C(=O)OCc1ccc(OC)cc1)N1C(=O)[C@@H](NC(=O)Cc2ccccc2)[C@H]1SCC(=O)C1CCC(C(=O)OC)O1. The summed E-state index contributed by atoms with van der Waals surface area (Å²) in [6.45, 7) is 4.09. The van der Waals surface area contributed by atoms with E-state index in [2.05, 4.69) is 26.1 Å². The molecule has 4 atom stereocenters. The third kappa shape index (κ3) is 11.2. The number of thioether (sulfide) groups is 1. The molecule has 1 N–H and O–H groups in total. The summed E-state index contributed by atoms with van der Waals surface area (Å²) in [5.74, 6) is -1.34. The molecular weight excluding hydrogens is 727 g/mol. The highest BCUT2D eigenvalue weighted by molar-refractivity contribution is 8.00. The van der Waals surface area contributed by atoms with Crippen LogP contribution < -0.4 is 10.1 Å². The first-order valence-corrected chi connectivity index (χ1v) is 22.6. The number of β-lactam (4-membered cyclic amide) rings is 1. The smallest absolute Gasteiger partial charge is 0.355 e. The topological polar surface area (TPSA) is 138 Å². The summed E-state index contributed by atoms with van der Waals surface area (Å²) < 4.78 is 22.0. The summed E-state index contributed by atoms with van der Waals surface area (Å²) in [6, 6.07) is 15.6. The second-order valence-corrected chi connectivity index (χ2v) is 19.1. The molecule has 4 rings (SSSR count). The Morgan fingerprint density at radius 2 is 1.46 bits per heavy atom. The highest BCUT2D eigenvalue weighted by Gasteiger charge is 2.54. The van der Waals surface area contributed by atoms with E-state index >= 15 is 0 Å². The second kappa shape index (κ2) is 21.5. The summed E-state index contributed by atoms with van der Waals surface area (Å²) in [6.07, 6.45) is 7.10. The number of likely N-dealkylation sites (tertiary alicyclic amines) is 1. The predicted molar refractivity (Wildman–Crippen MR) is 214 cm³/mol. The lowest BCUT2D eigenvalue weighted by molar-refractivity contribution is -0.154. The van der Waals surface area contributed by atoms with Gasteiger partial charge in [-0.2, -0.15) is 0 Å². The molecule has 0 aliphatic carbocycles. The van der Waals surface area contributed by atoms with Crippen molar-refractivity contribution < 1.29 is 42.9 Å². The van der Waals surface area contributed by atoms with Gasteiger partial charge in [-0.3, -0.25) is 19.3 Å². The number of unbranched alkanes of at least 4 members (excludes halogenated alkanes) is 3. The highest BCUT2D eigenvalue weighted by Crippen LogP contribution is 2.54. The zero-order chi connectivity index (χ0) is 39.1. The van der Waals surface area contributed by atoms with Crippen molar-refractivity contribution >= 4 is 53.6 Å². The van der Waals surface area contributed by atoms with Crippen molar-refractivity contribution in [2.75, 3.05) is 38.5 Å². The van der Waals surface area contributed by atoms with Gasteiger partial charge in [0.05, 0.1) is 26.4 Å². The monoisotopic (exact) mass is 784 g/mol. The minimum absolute atomic E-state index is 0.0115. The third-order valence-corrected chi connectivity index (χ3v) is 16.1. The number of methoxy groups -OCH3 is 2. The molecule has 2 aliphatic rings. The van der Waals surface area contributed by atoms with Crippen molar-refractivity contribution in [3.8, 4) is 5.75 Å². The van der Waals surface area contributed by atoms with Crippen LogP contribution in [0.4, 0.5) is 0 Å². The van der Waals surface area contributed by atoms with Crippen LogP contribution in [-0.2, 0) is 51.2 Å². The Bertz CT molecular complexity index is 1610. The Kier molecular flexibility index (Phi) is 17.2. The van der Waals surface area contributed by atoms with E-state index in [4.69, 9.17) is 18.9 Å². The molecule has 2 fully saturated rings. The molecule has 13 heteroatoms. The summed E-state index contributed by atoms with van der Waals surface area (Å²) in [7, 11) is 2.87. The van der Waals surface area contributed by atoms with Crippen molar-refractivity contribution in [2.24, 2.45) is 0 Å². The van der Waals surface area contributed by atoms with Crippen LogP contribution in [0.1, 0.15) is 83.3 Å². The summed E-state index contributed by atoms with van der Waals surface area (Å²) in [5, 5.41) is 2.21. The number of carbonyl (C=O) groups is 5. The van der Waals surface area contributed by atoms with Crippen molar-refractivity contribution in [3.05, 3.63) is 65.7 Å². The van der Waals surface area contributed by atoms with E-state index in [1.54, 1.807) is 12.0 Å². The van der Waals surface area contributed by atoms with E-state index in [1.807, 2.05) is 54.6 Å². The molecule has 2 unspecified atom stereocenters. The molecule has 2 saturated heterocycles. The summed E-state index contributed by atoms with van der Waals surface area (Å²) >= 11 is 1.21. The molecule has 11 nitrogen and oxygen atoms in total. The first kappa shape index (κ1) is 43.1. The van der Waals surface area contributed by atoms with Gasteiger partial charge in [0, 0.05) is 0 Å². The lowest BCUT2D eigenvalue weighted by Crippen LogP contribution is -2.72. The van der Waals surface area contributed by atoms with Crippen LogP contribution in [0.5, 0.6) is 5.75 Å². The van der Waals surface area contributed by atoms with Gasteiger partial charge in [-0.15, -0.1) is 11.8 Å². The molecule has 2 heterocycles. The summed E-state index contributed by atoms with van der Waals surface area (Å²) in [5.41, 5.74) is 2.00. The fourth-order valence-corrected chi connectivity index (χ4v) is 13.5. The number of benzene rings is 2. The van der Waals surface area contributed by atoms with Gasteiger partial charge in [0.1, 0.15) is 35.3 Å². The Morgan fingerprint density at radius 3 is 2.04 bits per heavy atom. The van der Waals surface area contributed by atoms with Crippen molar-refractivity contribution in [1.29, 1.82) is 0 Å². The van der Waals surface area contributed by atoms with Crippen LogP contribution in [-0.4, -0.2) is 102 Å². The van der Waals surface area contributed by atoms with E-state index in [1.165, 1.54) is 18.9 Å². The average molecular weight is 785 g/mol. The molecule has 2 aliphatic heterocycles. The van der Waals surface area contributed by atoms with Crippen LogP contribution in [0.2, 0.25) is 0 Å². The van der Waals surface area contributed by atoms with Crippen LogP contribution in [0, 0.1) is 0 Å². The predicted octanol–water partition coefficient (Wildman–Crippen LogP) is 6.20. The normalized spacial score (nSPS) is 19.5. The number of hydrogen-bond acceptors (Lipinski definition) is 10. The van der Waals surface area contributed by atoms with Crippen molar-refractivity contribution in [2.45, 2.75) is 109 Å². The number of esters is 2. The highest BCUT2D eigenvalue weighted by atomic mass is 32.2. The zero-order valence-electron chi connectivity index (χ0n) is 32.4. The third-order valence-electron chi connectivity index (χ3n) is 10.0. The largest absolute Gasteiger partial charge is 0.497 e. The molecule has 0 radical (unpaired) electrons. The lowest BCUT2D eigenvalue weighted by Gasteiger charge is -2.49. The molecule has 296 valence electrons. The van der Waals surface area contributed by atoms with E-state index in [-0.39, 0.29) is 36.4 Å². The quantitative estimate of drug-likeness (QED) is 0.0835. The first-order chi connectivity index (χ1) is 26.1. The molecule has 0 bridgehead atoms. The van der Waals surface area contributed by atoms with Gasteiger partial charge in [-0.25, -0.2) is 9.59 Å². The minimum atomic E-state index is -2.31. The first-order valence-electron chi connectivity index (χ1n) is 19.2. The Labute approximate surface area is 324 Å². The standard InChI is InChI=1S/C41H57N2O9PS/c1-6-9-23-53(24-10-7-2,25-11-8-3)38(41(48)51-27-30-17-19-31(49-4)20-18-30)43-37(46)36(42-35(45)26-29-15-13-12-14-16-29)39(43)54-28-32(44)33-21-22-34(52-33)40(47)50-5/h12-20,33-34,36,39H,6-11,21-28H2,1-5H3,(H,42,45)/t33?,34?,36-,39-/m1/s1. The van der Waals surface area contributed by atoms with E-state index < -0.39 is 42.4 Å². The zero-order valence-corrected chi connectivity index (χ0v) is 34.1. The molecule has 2 aromatic rings. The van der Waals surface area contributed by atoms with Gasteiger partial charge < -0.3 is 24.3 Å². The number of nitrogens with zero attached hydrogens (tertiary/aromatic N) is 1.